The van der Waals surface area contributed by atoms with E-state index in [1.807, 2.05) is 36.1 Å². The third kappa shape index (κ3) is 4.50. The lowest BCUT2D eigenvalue weighted by atomic mass is 10.0. The molecule has 1 aliphatic carbocycles. The summed E-state index contributed by atoms with van der Waals surface area (Å²) in [6.45, 7) is 5.83. The van der Waals surface area contributed by atoms with Gasteiger partial charge in [-0.05, 0) is 37.7 Å². The molecular formula is C16H25ClN2O. The van der Waals surface area contributed by atoms with Crippen molar-refractivity contribution in [2.24, 2.45) is 11.7 Å². The van der Waals surface area contributed by atoms with Crippen LogP contribution in [0.4, 0.5) is 0 Å². The summed E-state index contributed by atoms with van der Waals surface area (Å²) in [5, 5.41) is 0. The summed E-state index contributed by atoms with van der Waals surface area (Å²) in [6.07, 6.45) is 3.50. The highest BCUT2D eigenvalue weighted by Crippen LogP contribution is 2.30. The molecule has 1 aromatic carbocycles. The second kappa shape index (κ2) is 7.65. The summed E-state index contributed by atoms with van der Waals surface area (Å²) in [5.41, 5.74) is 8.22. The van der Waals surface area contributed by atoms with Crippen molar-refractivity contribution >= 4 is 18.3 Å². The average molecular weight is 297 g/mol. The molecule has 2 rings (SSSR count). The standard InChI is InChI=1S/C16H24N2O.ClH/c1-3-10-18(11-13-6-7-13)16(19)15(17)14-8-4-12(2)5-9-14;/h4-5,8-9,13,15H,3,6-7,10-11,17H2,1-2H3;1H. The third-order valence-corrected chi connectivity index (χ3v) is 3.68. The lowest BCUT2D eigenvalue weighted by Crippen LogP contribution is -2.40. The Labute approximate surface area is 127 Å². The number of hydrogen-bond acceptors (Lipinski definition) is 2. The van der Waals surface area contributed by atoms with Crippen LogP contribution in [-0.4, -0.2) is 23.9 Å². The molecule has 20 heavy (non-hydrogen) atoms. The molecule has 3 nitrogen and oxygen atoms in total. The monoisotopic (exact) mass is 296 g/mol. The molecule has 0 aromatic heterocycles. The SMILES string of the molecule is CCCN(CC1CC1)C(=O)C(N)c1ccc(C)cc1.Cl. The van der Waals surface area contributed by atoms with E-state index in [-0.39, 0.29) is 18.3 Å². The molecular weight excluding hydrogens is 272 g/mol. The van der Waals surface area contributed by atoms with Gasteiger partial charge in [-0.2, -0.15) is 0 Å². The minimum Gasteiger partial charge on any atom is -0.341 e. The van der Waals surface area contributed by atoms with Gasteiger partial charge in [0.05, 0.1) is 0 Å². The van der Waals surface area contributed by atoms with Crippen molar-refractivity contribution in [1.82, 2.24) is 4.90 Å². The zero-order valence-electron chi connectivity index (χ0n) is 12.3. The molecule has 112 valence electrons. The Morgan fingerprint density at radius 2 is 1.95 bits per heavy atom. The Bertz CT molecular complexity index is 429. The average Bonchev–Trinajstić information content (AvgIpc) is 3.21. The number of rotatable bonds is 6. The van der Waals surface area contributed by atoms with E-state index in [1.165, 1.54) is 18.4 Å². The topological polar surface area (TPSA) is 46.3 Å². The van der Waals surface area contributed by atoms with Crippen molar-refractivity contribution < 1.29 is 4.79 Å². The maximum atomic E-state index is 12.5. The zero-order chi connectivity index (χ0) is 13.8. The summed E-state index contributed by atoms with van der Waals surface area (Å²) in [5.74, 6) is 0.776. The predicted octanol–water partition coefficient (Wildman–Crippen LogP) is 3.07. The highest BCUT2D eigenvalue weighted by atomic mass is 35.5. The van der Waals surface area contributed by atoms with Crippen molar-refractivity contribution in [2.75, 3.05) is 13.1 Å². The largest absolute Gasteiger partial charge is 0.341 e. The van der Waals surface area contributed by atoms with Crippen molar-refractivity contribution in [1.29, 1.82) is 0 Å². The first-order valence-corrected chi connectivity index (χ1v) is 7.22. The van der Waals surface area contributed by atoms with Crippen LogP contribution in [0, 0.1) is 12.8 Å². The van der Waals surface area contributed by atoms with Crippen LogP contribution >= 0.6 is 12.4 Å². The number of aryl methyl sites for hydroxylation is 1. The van der Waals surface area contributed by atoms with Gasteiger partial charge < -0.3 is 10.6 Å². The van der Waals surface area contributed by atoms with E-state index >= 15 is 0 Å². The summed E-state index contributed by atoms with van der Waals surface area (Å²) in [6, 6.07) is 7.41. The summed E-state index contributed by atoms with van der Waals surface area (Å²) in [4.78, 5) is 14.4. The molecule has 2 N–H and O–H groups in total. The Kier molecular flexibility index (Phi) is 6.50. The second-order valence-corrected chi connectivity index (χ2v) is 5.62. The minimum atomic E-state index is -0.522. The molecule has 4 heteroatoms. The number of carbonyl (C=O) groups is 1. The highest BCUT2D eigenvalue weighted by molar-refractivity contribution is 5.85. The molecule has 0 radical (unpaired) electrons. The van der Waals surface area contributed by atoms with Crippen LogP contribution in [0.15, 0.2) is 24.3 Å². The Balaban J connectivity index is 0.00000200. The van der Waals surface area contributed by atoms with Gasteiger partial charge in [-0.15, -0.1) is 12.4 Å². The minimum absolute atomic E-state index is 0. The van der Waals surface area contributed by atoms with Gasteiger partial charge in [0.2, 0.25) is 5.91 Å². The lowest BCUT2D eigenvalue weighted by Gasteiger charge is -2.25. The Morgan fingerprint density at radius 3 is 2.45 bits per heavy atom. The van der Waals surface area contributed by atoms with E-state index < -0.39 is 6.04 Å². The van der Waals surface area contributed by atoms with E-state index in [4.69, 9.17) is 5.73 Å². The van der Waals surface area contributed by atoms with Crippen LogP contribution in [0.2, 0.25) is 0 Å². The van der Waals surface area contributed by atoms with Crippen LogP contribution in [0.3, 0.4) is 0 Å². The fraction of sp³-hybridized carbons (Fsp3) is 0.562. The van der Waals surface area contributed by atoms with Gasteiger partial charge in [-0.1, -0.05) is 36.8 Å². The van der Waals surface area contributed by atoms with E-state index in [2.05, 4.69) is 6.92 Å². The number of carbonyl (C=O) groups excluding carboxylic acids is 1. The van der Waals surface area contributed by atoms with E-state index in [1.54, 1.807) is 0 Å². The van der Waals surface area contributed by atoms with Crippen LogP contribution < -0.4 is 5.73 Å². The molecule has 1 fully saturated rings. The number of hydrogen-bond donors (Lipinski definition) is 1. The van der Waals surface area contributed by atoms with Gasteiger partial charge in [0.1, 0.15) is 6.04 Å². The van der Waals surface area contributed by atoms with Gasteiger partial charge in [0.15, 0.2) is 0 Å². The van der Waals surface area contributed by atoms with E-state index in [0.717, 1.165) is 25.1 Å². The van der Waals surface area contributed by atoms with Crippen molar-refractivity contribution in [3.63, 3.8) is 0 Å². The smallest absolute Gasteiger partial charge is 0.244 e. The van der Waals surface area contributed by atoms with Gasteiger partial charge in [0, 0.05) is 13.1 Å². The first-order chi connectivity index (χ1) is 9.11. The van der Waals surface area contributed by atoms with Crippen LogP contribution in [-0.2, 0) is 4.79 Å². The normalized spacial score (nSPS) is 15.3. The first-order valence-electron chi connectivity index (χ1n) is 7.22. The van der Waals surface area contributed by atoms with Gasteiger partial charge in [-0.25, -0.2) is 0 Å². The molecule has 1 aliphatic rings. The summed E-state index contributed by atoms with van der Waals surface area (Å²) >= 11 is 0. The summed E-state index contributed by atoms with van der Waals surface area (Å²) < 4.78 is 0. The summed E-state index contributed by atoms with van der Waals surface area (Å²) in [7, 11) is 0. The molecule has 1 atom stereocenters. The second-order valence-electron chi connectivity index (χ2n) is 5.62. The quantitative estimate of drug-likeness (QED) is 0.877. The highest BCUT2D eigenvalue weighted by Gasteiger charge is 2.29. The van der Waals surface area contributed by atoms with Crippen molar-refractivity contribution in [3.8, 4) is 0 Å². The zero-order valence-corrected chi connectivity index (χ0v) is 13.2. The number of benzene rings is 1. The van der Waals surface area contributed by atoms with E-state index in [0.29, 0.717) is 5.92 Å². The fourth-order valence-electron chi connectivity index (χ4n) is 2.29. The fourth-order valence-corrected chi connectivity index (χ4v) is 2.29. The molecule has 0 spiro atoms. The molecule has 0 saturated heterocycles. The van der Waals surface area contributed by atoms with Crippen molar-refractivity contribution in [3.05, 3.63) is 35.4 Å². The number of halogens is 1. The molecule has 1 amide bonds. The molecule has 1 aromatic rings. The van der Waals surface area contributed by atoms with Crippen molar-refractivity contribution in [2.45, 2.75) is 39.2 Å². The Morgan fingerprint density at radius 1 is 1.35 bits per heavy atom. The number of nitrogens with two attached hydrogens (primary N) is 1. The van der Waals surface area contributed by atoms with Gasteiger partial charge in [0.25, 0.3) is 0 Å². The number of nitrogens with zero attached hydrogens (tertiary/aromatic N) is 1. The van der Waals surface area contributed by atoms with Crippen LogP contribution in [0.25, 0.3) is 0 Å². The first kappa shape index (κ1) is 17.0. The number of amides is 1. The van der Waals surface area contributed by atoms with Crippen LogP contribution in [0.5, 0.6) is 0 Å². The molecule has 0 aliphatic heterocycles. The molecule has 0 bridgehead atoms. The Hall–Kier alpha value is -1.06. The lowest BCUT2D eigenvalue weighted by molar-refractivity contribution is -0.133. The van der Waals surface area contributed by atoms with E-state index in [9.17, 15) is 4.79 Å². The van der Waals surface area contributed by atoms with Crippen LogP contribution in [0.1, 0.15) is 43.4 Å². The maximum Gasteiger partial charge on any atom is 0.244 e. The molecule has 1 unspecified atom stereocenters. The molecule has 0 heterocycles. The predicted molar refractivity (Wildman–Crippen MR) is 85.0 cm³/mol. The van der Waals surface area contributed by atoms with Gasteiger partial charge >= 0.3 is 0 Å². The molecule has 1 saturated carbocycles. The third-order valence-electron chi connectivity index (χ3n) is 3.68. The maximum absolute atomic E-state index is 12.5. The van der Waals surface area contributed by atoms with Gasteiger partial charge in [-0.3, -0.25) is 4.79 Å².